The number of H-pyrrole nitrogens is 1. The first kappa shape index (κ1) is 36.5. The number of likely N-dealkylation sites (tertiary alicyclic amines) is 1. The van der Waals surface area contributed by atoms with Crippen molar-refractivity contribution in [3.05, 3.63) is 90.1 Å². The van der Waals surface area contributed by atoms with Crippen LogP contribution in [-0.4, -0.2) is 73.1 Å². The number of aromatic nitrogens is 2. The fourth-order valence-corrected chi connectivity index (χ4v) is 4.13. The number of hydrogen-bond acceptors (Lipinski definition) is 7. The zero-order chi connectivity index (χ0) is 33.0. The van der Waals surface area contributed by atoms with Gasteiger partial charge in [-0.2, -0.15) is 0 Å². The van der Waals surface area contributed by atoms with Gasteiger partial charge in [-0.05, 0) is 82.3 Å². The number of alkyl halides is 1. The average molecular weight is 626 g/mol. The van der Waals surface area contributed by atoms with Crippen LogP contribution in [0.15, 0.2) is 73.1 Å². The van der Waals surface area contributed by atoms with Crippen molar-refractivity contribution in [1.29, 1.82) is 0 Å². The van der Waals surface area contributed by atoms with E-state index >= 15 is 0 Å². The second-order valence-corrected chi connectivity index (χ2v) is 9.89. The van der Waals surface area contributed by atoms with Crippen molar-refractivity contribution in [1.82, 2.24) is 25.5 Å². The van der Waals surface area contributed by atoms with Gasteiger partial charge in [-0.15, -0.1) is 0 Å². The number of pyridine rings is 1. The predicted octanol–water partition coefficient (Wildman–Crippen LogP) is 5.40. The highest BCUT2D eigenvalue weighted by Crippen LogP contribution is 2.22. The zero-order valence-electron chi connectivity index (χ0n) is 26.0. The van der Waals surface area contributed by atoms with Crippen LogP contribution in [0.25, 0.3) is 10.9 Å². The van der Waals surface area contributed by atoms with Crippen molar-refractivity contribution in [2.75, 3.05) is 27.2 Å². The van der Waals surface area contributed by atoms with E-state index in [4.69, 9.17) is 4.74 Å². The lowest BCUT2D eigenvalue weighted by Crippen LogP contribution is -2.38. The monoisotopic (exact) mass is 625 g/mol. The first-order valence-electron chi connectivity index (χ1n) is 14.4. The molecule has 4 aromatic rings. The number of halogens is 2. The van der Waals surface area contributed by atoms with E-state index in [1.165, 1.54) is 38.3 Å². The molecule has 2 atom stereocenters. The Labute approximate surface area is 262 Å². The molecule has 0 aliphatic carbocycles. The molecular formula is C33H41F2N5O5. The Balaban J connectivity index is 0.000000222. The van der Waals surface area contributed by atoms with Gasteiger partial charge in [0.15, 0.2) is 6.36 Å². The van der Waals surface area contributed by atoms with Crippen LogP contribution < -0.4 is 15.4 Å². The number of benzene rings is 2. The number of amides is 2. The third kappa shape index (κ3) is 13.7. The highest BCUT2D eigenvalue weighted by atomic mass is 19.1. The molecule has 0 saturated carbocycles. The van der Waals surface area contributed by atoms with Gasteiger partial charge in [0.25, 0.3) is 0 Å². The van der Waals surface area contributed by atoms with E-state index in [-0.39, 0.29) is 11.7 Å². The summed E-state index contributed by atoms with van der Waals surface area (Å²) >= 11 is 0. The number of rotatable bonds is 9. The van der Waals surface area contributed by atoms with Crippen LogP contribution in [0.1, 0.15) is 42.7 Å². The number of ether oxygens (including phenoxy) is 2. The summed E-state index contributed by atoms with van der Waals surface area (Å²) in [6.45, 7) is 5.39. The molecule has 12 heteroatoms. The summed E-state index contributed by atoms with van der Waals surface area (Å²) in [6, 6.07) is 16.8. The van der Waals surface area contributed by atoms with E-state index in [0.29, 0.717) is 42.6 Å². The molecule has 0 radical (unpaired) electrons. The lowest BCUT2D eigenvalue weighted by Gasteiger charge is -2.20. The zero-order valence-corrected chi connectivity index (χ0v) is 26.0. The van der Waals surface area contributed by atoms with Crippen molar-refractivity contribution in [2.24, 2.45) is 0 Å². The molecule has 45 heavy (non-hydrogen) atoms. The van der Waals surface area contributed by atoms with Crippen LogP contribution in [0.2, 0.25) is 0 Å². The SMILES string of the molecule is CNCC(=O)N1CCCC1C.COC(C)F.O=CNCc1cc2cnccc2[nH]1.O=Cc1cccc(Oc2ccc(F)cc2)c1. The summed E-state index contributed by atoms with van der Waals surface area (Å²) in [6.07, 6.45) is 6.16. The van der Waals surface area contributed by atoms with Crippen LogP contribution >= 0.6 is 0 Å². The van der Waals surface area contributed by atoms with Gasteiger partial charge in [-0.25, -0.2) is 8.78 Å². The molecule has 3 heterocycles. The molecule has 1 aliphatic rings. The maximum atomic E-state index is 12.6. The molecule has 3 N–H and O–H groups in total. The van der Waals surface area contributed by atoms with Crippen LogP contribution in [0.3, 0.4) is 0 Å². The number of aldehydes is 1. The smallest absolute Gasteiger partial charge is 0.236 e. The molecule has 1 aliphatic heterocycles. The molecule has 2 aromatic carbocycles. The molecule has 0 bridgehead atoms. The second-order valence-electron chi connectivity index (χ2n) is 9.89. The standard InChI is InChI=1S/C13H9FO2.C9H9N3O.C8H16N2O.C3H7FO/c14-11-4-6-12(7-5-11)16-13-3-1-2-10(8-13)9-15;13-6-11-5-8-3-7-4-10-2-1-9(7)12-8;1-7-4-3-5-10(7)8(11)6-9-2;1-3(4)5-2/h1-9H;1-4,6,12H,5H2,(H,11,13);7,9H,3-6H2,1-2H3;3H,1-2H3. The van der Waals surface area contributed by atoms with E-state index in [2.05, 4.69) is 32.3 Å². The van der Waals surface area contributed by atoms with Crippen molar-refractivity contribution in [3.63, 3.8) is 0 Å². The summed E-state index contributed by atoms with van der Waals surface area (Å²) in [7, 11) is 3.13. The first-order chi connectivity index (χ1) is 21.7. The van der Waals surface area contributed by atoms with Gasteiger partial charge in [0.2, 0.25) is 12.3 Å². The number of nitrogens with one attached hydrogen (secondary N) is 3. The fourth-order valence-electron chi connectivity index (χ4n) is 4.13. The van der Waals surface area contributed by atoms with E-state index in [0.717, 1.165) is 42.3 Å². The van der Waals surface area contributed by atoms with E-state index < -0.39 is 6.36 Å². The lowest BCUT2D eigenvalue weighted by atomic mass is 10.2. The Morgan fingerprint density at radius 1 is 1.16 bits per heavy atom. The highest BCUT2D eigenvalue weighted by molar-refractivity contribution is 5.79. The summed E-state index contributed by atoms with van der Waals surface area (Å²) in [4.78, 5) is 41.0. The van der Waals surface area contributed by atoms with Gasteiger partial charge in [0.1, 0.15) is 23.6 Å². The number of aromatic amines is 1. The predicted molar refractivity (Wildman–Crippen MR) is 169 cm³/mol. The quantitative estimate of drug-likeness (QED) is 0.213. The molecule has 0 spiro atoms. The number of hydrogen-bond donors (Lipinski definition) is 3. The Hall–Kier alpha value is -4.68. The van der Waals surface area contributed by atoms with Crippen molar-refractivity contribution < 1.29 is 32.6 Å². The van der Waals surface area contributed by atoms with Gasteiger partial charge in [0, 0.05) is 54.3 Å². The molecule has 1 saturated heterocycles. The van der Waals surface area contributed by atoms with Crippen LogP contribution in [0.4, 0.5) is 8.78 Å². The number of carbonyl (C=O) groups is 3. The number of methoxy groups -OCH3 is 1. The van der Waals surface area contributed by atoms with E-state index in [1.807, 2.05) is 17.0 Å². The summed E-state index contributed by atoms with van der Waals surface area (Å²) in [5.74, 6) is 1.01. The van der Waals surface area contributed by atoms with Crippen molar-refractivity contribution in [3.8, 4) is 11.5 Å². The van der Waals surface area contributed by atoms with Crippen LogP contribution in [0, 0.1) is 5.82 Å². The van der Waals surface area contributed by atoms with E-state index in [9.17, 15) is 23.2 Å². The normalized spacial score (nSPS) is 14.0. The Kier molecular flexibility index (Phi) is 16.5. The summed E-state index contributed by atoms with van der Waals surface area (Å²) in [5, 5.41) is 6.53. The molecule has 1 fully saturated rings. The Morgan fingerprint density at radius 2 is 1.89 bits per heavy atom. The van der Waals surface area contributed by atoms with Crippen molar-refractivity contribution in [2.45, 2.75) is 45.6 Å². The number of fused-ring (bicyclic) bond motifs is 1. The molecule has 2 amide bonds. The number of likely N-dealkylation sites (N-methyl/N-ethyl adjacent to an activating group) is 1. The summed E-state index contributed by atoms with van der Waals surface area (Å²) in [5.41, 5.74) is 2.56. The Morgan fingerprint density at radius 3 is 2.47 bits per heavy atom. The minimum absolute atomic E-state index is 0.234. The lowest BCUT2D eigenvalue weighted by molar-refractivity contribution is -0.130. The van der Waals surface area contributed by atoms with Gasteiger partial charge in [-0.1, -0.05) is 12.1 Å². The fraction of sp³-hybridized carbons (Fsp3) is 0.333. The van der Waals surface area contributed by atoms with Gasteiger partial charge in [0.05, 0.1) is 13.1 Å². The van der Waals surface area contributed by atoms with Crippen LogP contribution in [-0.2, 0) is 20.9 Å². The number of carbonyl (C=O) groups excluding carboxylic acids is 3. The van der Waals surface area contributed by atoms with Gasteiger partial charge < -0.3 is 30.0 Å². The minimum atomic E-state index is -1.12. The molecule has 10 nitrogen and oxygen atoms in total. The largest absolute Gasteiger partial charge is 0.457 e. The van der Waals surface area contributed by atoms with Crippen LogP contribution in [0.5, 0.6) is 11.5 Å². The minimum Gasteiger partial charge on any atom is -0.457 e. The third-order valence-electron chi connectivity index (χ3n) is 6.42. The van der Waals surface area contributed by atoms with Gasteiger partial charge >= 0.3 is 0 Å². The number of nitrogens with zero attached hydrogens (tertiary/aromatic N) is 2. The highest BCUT2D eigenvalue weighted by Gasteiger charge is 2.23. The molecule has 2 unspecified atom stereocenters. The Bertz CT molecular complexity index is 1420. The topological polar surface area (TPSA) is 126 Å². The molecule has 2 aromatic heterocycles. The first-order valence-corrected chi connectivity index (χ1v) is 14.4. The third-order valence-corrected chi connectivity index (χ3v) is 6.42. The average Bonchev–Trinajstić information content (AvgIpc) is 3.68. The maximum Gasteiger partial charge on any atom is 0.236 e. The van der Waals surface area contributed by atoms with Gasteiger partial charge in [-0.3, -0.25) is 19.4 Å². The molecule has 5 rings (SSSR count). The molecule has 242 valence electrons. The van der Waals surface area contributed by atoms with E-state index in [1.54, 1.807) is 43.7 Å². The second kappa shape index (κ2) is 20.3. The molecular weight excluding hydrogens is 584 g/mol. The summed E-state index contributed by atoms with van der Waals surface area (Å²) < 4.78 is 33.4. The maximum absolute atomic E-state index is 12.6. The van der Waals surface area contributed by atoms with Crippen molar-refractivity contribution >= 4 is 29.5 Å².